The first-order valence-corrected chi connectivity index (χ1v) is 7.42. The van der Waals surface area contributed by atoms with E-state index in [2.05, 4.69) is 13.0 Å². The Morgan fingerprint density at radius 2 is 1.73 bits per heavy atom. The summed E-state index contributed by atoms with van der Waals surface area (Å²) in [6, 6.07) is 9.29. The lowest BCUT2D eigenvalue weighted by molar-refractivity contribution is -0.131. The van der Waals surface area contributed by atoms with Gasteiger partial charge in [0.1, 0.15) is 18.1 Å². The Hall–Kier alpha value is -2.00. The van der Waals surface area contributed by atoms with Crippen LogP contribution in [-0.4, -0.2) is 5.97 Å². The normalized spacial score (nSPS) is 10.4. The molecule has 0 fully saturated rings. The third-order valence-electron chi connectivity index (χ3n) is 3.49. The number of benzene rings is 2. The smallest absolute Gasteiger partial charge is 0.308 e. The molecular weight excluding hydrogens is 300 g/mol. The van der Waals surface area contributed by atoms with E-state index < -0.39 is 0 Å². The summed E-state index contributed by atoms with van der Waals surface area (Å²) in [6.07, 6.45) is 0. The van der Waals surface area contributed by atoms with Gasteiger partial charge in [-0.2, -0.15) is 0 Å². The fraction of sp³-hybridized carbons (Fsp3) is 0.278. The van der Waals surface area contributed by atoms with E-state index in [1.807, 2.05) is 19.9 Å². The highest BCUT2D eigenvalue weighted by molar-refractivity contribution is 6.31. The van der Waals surface area contributed by atoms with Crippen LogP contribution in [0.4, 0.5) is 0 Å². The minimum atomic E-state index is -0.383. The van der Waals surface area contributed by atoms with Gasteiger partial charge in [-0.3, -0.25) is 4.79 Å². The molecule has 0 saturated heterocycles. The number of carbonyl (C=O) groups excluding carboxylic acids is 1. The largest absolute Gasteiger partial charge is 0.488 e. The second-order valence-electron chi connectivity index (χ2n) is 5.30. The molecule has 2 rings (SSSR count). The van der Waals surface area contributed by atoms with Gasteiger partial charge in [0.2, 0.25) is 0 Å². The third-order valence-corrected chi connectivity index (χ3v) is 3.85. The topological polar surface area (TPSA) is 35.5 Å². The Kier molecular flexibility index (Phi) is 5.09. The Morgan fingerprint density at radius 1 is 1.05 bits per heavy atom. The average molecular weight is 319 g/mol. The quantitative estimate of drug-likeness (QED) is 0.601. The lowest BCUT2D eigenvalue weighted by Crippen LogP contribution is -2.06. The van der Waals surface area contributed by atoms with E-state index >= 15 is 0 Å². The third kappa shape index (κ3) is 3.80. The molecule has 0 unspecified atom stereocenters. The Morgan fingerprint density at radius 3 is 2.41 bits per heavy atom. The SMILES string of the molecule is CC(=O)Oc1cccc(Cl)c1COc1cc(C)c(C)cc1C. The van der Waals surface area contributed by atoms with Crippen molar-refractivity contribution in [3.8, 4) is 11.5 Å². The maximum Gasteiger partial charge on any atom is 0.308 e. The van der Waals surface area contributed by atoms with Gasteiger partial charge in [-0.05, 0) is 55.7 Å². The van der Waals surface area contributed by atoms with Gasteiger partial charge >= 0.3 is 5.97 Å². The van der Waals surface area contributed by atoms with Crippen LogP contribution in [0, 0.1) is 20.8 Å². The Labute approximate surface area is 135 Å². The molecule has 0 heterocycles. The summed E-state index contributed by atoms with van der Waals surface area (Å²) in [6.45, 7) is 7.71. The minimum Gasteiger partial charge on any atom is -0.488 e. The number of aryl methyl sites for hydroxylation is 3. The Bertz CT molecular complexity index is 708. The van der Waals surface area contributed by atoms with E-state index in [0.717, 1.165) is 11.3 Å². The summed E-state index contributed by atoms with van der Waals surface area (Å²) in [5.74, 6) is 0.851. The summed E-state index contributed by atoms with van der Waals surface area (Å²) in [4.78, 5) is 11.2. The second kappa shape index (κ2) is 6.84. The number of carbonyl (C=O) groups is 1. The van der Waals surface area contributed by atoms with Crippen molar-refractivity contribution in [2.24, 2.45) is 0 Å². The molecule has 4 heteroatoms. The van der Waals surface area contributed by atoms with Gasteiger partial charge in [0.15, 0.2) is 0 Å². The summed E-state index contributed by atoms with van der Waals surface area (Å²) < 4.78 is 11.1. The van der Waals surface area contributed by atoms with Gasteiger partial charge < -0.3 is 9.47 Å². The van der Waals surface area contributed by atoms with Crippen LogP contribution in [0.2, 0.25) is 5.02 Å². The van der Waals surface area contributed by atoms with E-state index in [9.17, 15) is 4.79 Å². The molecule has 0 amide bonds. The molecule has 0 N–H and O–H groups in total. The van der Waals surface area contributed by atoms with Crippen molar-refractivity contribution in [3.05, 3.63) is 57.6 Å². The van der Waals surface area contributed by atoms with Crippen LogP contribution in [0.15, 0.2) is 30.3 Å². The number of hydrogen-bond acceptors (Lipinski definition) is 3. The highest BCUT2D eigenvalue weighted by Gasteiger charge is 2.12. The minimum absolute atomic E-state index is 0.242. The highest BCUT2D eigenvalue weighted by Crippen LogP contribution is 2.29. The number of hydrogen-bond donors (Lipinski definition) is 0. The summed E-state index contributed by atoms with van der Waals surface area (Å²) >= 11 is 6.20. The van der Waals surface area contributed by atoms with Crippen molar-refractivity contribution in [2.45, 2.75) is 34.3 Å². The maximum atomic E-state index is 11.2. The lowest BCUT2D eigenvalue weighted by atomic mass is 10.1. The fourth-order valence-electron chi connectivity index (χ4n) is 2.17. The molecule has 2 aromatic carbocycles. The zero-order valence-corrected chi connectivity index (χ0v) is 14.0. The number of esters is 1. The molecule has 3 nitrogen and oxygen atoms in total. The van der Waals surface area contributed by atoms with Gasteiger partial charge in [0.05, 0.1) is 10.6 Å². The number of rotatable bonds is 4. The van der Waals surface area contributed by atoms with Crippen molar-refractivity contribution < 1.29 is 14.3 Å². The highest BCUT2D eigenvalue weighted by atomic mass is 35.5. The first kappa shape index (κ1) is 16.4. The molecule has 116 valence electrons. The van der Waals surface area contributed by atoms with E-state index in [1.165, 1.54) is 18.1 Å². The van der Waals surface area contributed by atoms with Crippen molar-refractivity contribution in [2.75, 3.05) is 0 Å². The van der Waals surface area contributed by atoms with Gasteiger partial charge in [-0.1, -0.05) is 23.7 Å². The molecule has 0 spiro atoms. The standard InChI is InChI=1S/C18H19ClO3/c1-11-8-13(3)18(9-12(11)2)21-10-15-16(19)6-5-7-17(15)22-14(4)20/h5-9H,10H2,1-4H3. The van der Waals surface area contributed by atoms with Gasteiger partial charge in [-0.15, -0.1) is 0 Å². The van der Waals surface area contributed by atoms with E-state index in [0.29, 0.717) is 16.3 Å². The van der Waals surface area contributed by atoms with Crippen LogP contribution in [0.1, 0.15) is 29.2 Å². The molecule has 0 radical (unpaired) electrons. The maximum absolute atomic E-state index is 11.2. The molecule has 0 aliphatic carbocycles. The van der Waals surface area contributed by atoms with Crippen LogP contribution in [0.5, 0.6) is 11.5 Å². The van der Waals surface area contributed by atoms with Gasteiger partial charge in [0, 0.05) is 6.92 Å². The van der Waals surface area contributed by atoms with Crippen LogP contribution in [0.3, 0.4) is 0 Å². The zero-order chi connectivity index (χ0) is 16.3. The van der Waals surface area contributed by atoms with E-state index in [-0.39, 0.29) is 12.6 Å². The molecule has 0 aromatic heterocycles. The lowest BCUT2D eigenvalue weighted by Gasteiger charge is -2.14. The van der Waals surface area contributed by atoms with Crippen molar-refractivity contribution in [3.63, 3.8) is 0 Å². The summed E-state index contributed by atoms with van der Waals surface area (Å²) in [7, 11) is 0. The molecule has 0 bridgehead atoms. The van der Waals surface area contributed by atoms with Crippen molar-refractivity contribution >= 4 is 17.6 Å². The molecule has 0 atom stereocenters. The fourth-order valence-corrected chi connectivity index (χ4v) is 2.39. The second-order valence-corrected chi connectivity index (χ2v) is 5.71. The number of halogens is 1. The first-order chi connectivity index (χ1) is 10.4. The molecule has 2 aromatic rings. The van der Waals surface area contributed by atoms with Crippen LogP contribution >= 0.6 is 11.6 Å². The van der Waals surface area contributed by atoms with E-state index in [4.69, 9.17) is 21.1 Å². The van der Waals surface area contributed by atoms with Crippen LogP contribution in [0.25, 0.3) is 0 Å². The zero-order valence-electron chi connectivity index (χ0n) is 13.2. The summed E-state index contributed by atoms with van der Waals surface area (Å²) in [5, 5.41) is 0.514. The predicted molar refractivity (Wildman–Crippen MR) is 87.7 cm³/mol. The van der Waals surface area contributed by atoms with Gasteiger partial charge in [-0.25, -0.2) is 0 Å². The molecule has 22 heavy (non-hydrogen) atoms. The monoisotopic (exact) mass is 318 g/mol. The van der Waals surface area contributed by atoms with Crippen molar-refractivity contribution in [1.82, 2.24) is 0 Å². The molecule has 0 saturated carbocycles. The molecule has 0 aliphatic rings. The first-order valence-electron chi connectivity index (χ1n) is 7.05. The predicted octanol–water partition coefficient (Wildman–Crippen LogP) is 4.77. The van der Waals surface area contributed by atoms with Crippen LogP contribution < -0.4 is 9.47 Å². The Balaban J connectivity index is 2.25. The molecular formula is C18H19ClO3. The molecule has 0 aliphatic heterocycles. The van der Waals surface area contributed by atoms with Crippen molar-refractivity contribution in [1.29, 1.82) is 0 Å². The van der Waals surface area contributed by atoms with E-state index in [1.54, 1.807) is 18.2 Å². The average Bonchev–Trinajstić information content (AvgIpc) is 2.43. The summed E-state index contributed by atoms with van der Waals surface area (Å²) in [5.41, 5.74) is 4.12. The number of ether oxygens (including phenoxy) is 2. The van der Waals surface area contributed by atoms with Crippen LogP contribution in [-0.2, 0) is 11.4 Å². The van der Waals surface area contributed by atoms with Gasteiger partial charge in [0.25, 0.3) is 0 Å².